The lowest BCUT2D eigenvalue weighted by molar-refractivity contribution is -0.384. The van der Waals surface area contributed by atoms with E-state index in [9.17, 15) is 14.9 Å². The minimum Gasteiger partial charge on any atom is -0.322 e. The van der Waals surface area contributed by atoms with Crippen LogP contribution in [0.1, 0.15) is 29.8 Å². The van der Waals surface area contributed by atoms with Crippen LogP contribution in [0.5, 0.6) is 0 Å². The average Bonchev–Trinajstić information content (AvgIpc) is 2.60. The molecular formula is C18H21N3O3. The fraction of sp³-hybridized carbons (Fsp3) is 0.278. The van der Waals surface area contributed by atoms with Crippen molar-refractivity contribution in [1.29, 1.82) is 0 Å². The lowest BCUT2D eigenvalue weighted by Crippen LogP contribution is -2.22. The topological polar surface area (TPSA) is 75.5 Å². The molecule has 0 spiro atoms. The number of carbonyl (C=O) groups is 1. The van der Waals surface area contributed by atoms with Gasteiger partial charge in [-0.1, -0.05) is 32.0 Å². The van der Waals surface area contributed by atoms with E-state index in [0.717, 1.165) is 25.2 Å². The third-order valence-electron chi connectivity index (χ3n) is 3.83. The fourth-order valence-corrected chi connectivity index (χ4v) is 2.37. The van der Waals surface area contributed by atoms with Crippen LogP contribution >= 0.6 is 0 Å². The van der Waals surface area contributed by atoms with E-state index in [1.54, 1.807) is 24.3 Å². The standard InChI is InChI=1S/C18H21N3O3/c1-3-20(4-2)13-14-8-10-15(11-9-14)18(22)19-16-6-5-7-17(12-16)21(23)24/h5-12H,3-4,13H2,1-2H3,(H,19,22). The first-order chi connectivity index (χ1) is 11.5. The summed E-state index contributed by atoms with van der Waals surface area (Å²) in [7, 11) is 0. The van der Waals surface area contributed by atoms with E-state index in [-0.39, 0.29) is 11.6 Å². The Morgan fingerprint density at radius 2 is 1.79 bits per heavy atom. The molecule has 6 nitrogen and oxygen atoms in total. The summed E-state index contributed by atoms with van der Waals surface area (Å²) in [4.78, 5) is 24.8. The molecule has 1 amide bonds. The normalized spacial score (nSPS) is 10.6. The molecule has 6 heteroatoms. The van der Waals surface area contributed by atoms with Crippen LogP contribution < -0.4 is 5.32 Å². The van der Waals surface area contributed by atoms with Crippen molar-refractivity contribution in [2.24, 2.45) is 0 Å². The molecule has 126 valence electrons. The summed E-state index contributed by atoms with van der Waals surface area (Å²) in [6.07, 6.45) is 0. The highest BCUT2D eigenvalue weighted by atomic mass is 16.6. The van der Waals surface area contributed by atoms with Crippen molar-refractivity contribution in [2.45, 2.75) is 20.4 Å². The summed E-state index contributed by atoms with van der Waals surface area (Å²) >= 11 is 0. The van der Waals surface area contributed by atoms with Gasteiger partial charge in [-0.3, -0.25) is 19.8 Å². The smallest absolute Gasteiger partial charge is 0.271 e. The van der Waals surface area contributed by atoms with E-state index in [2.05, 4.69) is 24.1 Å². The van der Waals surface area contributed by atoms with Crippen molar-refractivity contribution in [3.05, 3.63) is 69.8 Å². The Hall–Kier alpha value is -2.73. The van der Waals surface area contributed by atoms with Crippen molar-refractivity contribution in [3.8, 4) is 0 Å². The highest BCUT2D eigenvalue weighted by molar-refractivity contribution is 6.04. The second-order valence-electron chi connectivity index (χ2n) is 5.42. The van der Waals surface area contributed by atoms with Crippen LogP contribution in [-0.2, 0) is 6.54 Å². The molecule has 0 atom stereocenters. The predicted molar refractivity (Wildman–Crippen MR) is 94.1 cm³/mol. The molecule has 0 saturated heterocycles. The number of hydrogen-bond donors (Lipinski definition) is 1. The van der Waals surface area contributed by atoms with Crippen LogP contribution in [-0.4, -0.2) is 28.8 Å². The van der Waals surface area contributed by atoms with Crippen molar-refractivity contribution in [3.63, 3.8) is 0 Å². The molecule has 0 heterocycles. The van der Waals surface area contributed by atoms with E-state index < -0.39 is 4.92 Å². The summed E-state index contributed by atoms with van der Waals surface area (Å²) in [6.45, 7) is 7.03. The molecule has 2 aromatic carbocycles. The van der Waals surface area contributed by atoms with Gasteiger partial charge in [0.25, 0.3) is 11.6 Å². The quantitative estimate of drug-likeness (QED) is 0.621. The Balaban J connectivity index is 2.05. The maximum atomic E-state index is 12.2. The number of carbonyl (C=O) groups excluding carboxylic acids is 1. The first kappa shape index (κ1) is 17.6. The molecule has 0 radical (unpaired) electrons. The van der Waals surface area contributed by atoms with Gasteiger partial charge in [-0.05, 0) is 36.9 Å². The number of amides is 1. The van der Waals surface area contributed by atoms with Gasteiger partial charge in [0.15, 0.2) is 0 Å². The fourth-order valence-electron chi connectivity index (χ4n) is 2.37. The lowest BCUT2D eigenvalue weighted by atomic mass is 10.1. The van der Waals surface area contributed by atoms with Gasteiger partial charge >= 0.3 is 0 Å². The third-order valence-corrected chi connectivity index (χ3v) is 3.83. The molecule has 0 aliphatic heterocycles. The van der Waals surface area contributed by atoms with Gasteiger partial charge in [0.05, 0.1) is 4.92 Å². The summed E-state index contributed by atoms with van der Waals surface area (Å²) < 4.78 is 0. The third kappa shape index (κ3) is 4.63. The van der Waals surface area contributed by atoms with Crippen LogP contribution in [0.3, 0.4) is 0 Å². The van der Waals surface area contributed by atoms with Crippen LogP contribution in [0.25, 0.3) is 0 Å². The number of anilines is 1. The van der Waals surface area contributed by atoms with Gasteiger partial charge in [-0.25, -0.2) is 0 Å². The Morgan fingerprint density at radius 1 is 1.12 bits per heavy atom. The second-order valence-corrected chi connectivity index (χ2v) is 5.42. The van der Waals surface area contributed by atoms with E-state index in [0.29, 0.717) is 11.3 Å². The minimum atomic E-state index is -0.488. The van der Waals surface area contributed by atoms with Gasteiger partial charge in [-0.15, -0.1) is 0 Å². The molecule has 0 aromatic heterocycles. The zero-order chi connectivity index (χ0) is 17.5. The van der Waals surface area contributed by atoms with E-state index >= 15 is 0 Å². The highest BCUT2D eigenvalue weighted by Gasteiger charge is 2.10. The largest absolute Gasteiger partial charge is 0.322 e. The van der Waals surface area contributed by atoms with Crippen molar-refractivity contribution in [2.75, 3.05) is 18.4 Å². The lowest BCUT2D eigenvalue weighted by Gasteiger charge is -2.18. The molecule has 0 bridgehead atoms. The number of hydrogen-bond acceptors (Lipinski definition) is 4. The molecular weight excluding hydrogens is 306 g/mol. The Labute approximate surface area is 141 Å². The predicted octanol–water partition coefficient (Wildman–Crippen LogP) is 3.69. The van der Waals surface area contributed by atoms with Crippen LogP contribution in [0.15, 0.2) is 48.5 Å². The monoisotopic (exact) mass is 327 g/mol. The van der Waals surface area contributed by atoms with Gasteiger partial charge < -0.3 is 5.32 Å². The number of nitrogens with zero attached hydrogens (tertiary/aromatic N) is 2. The number of nitro benzene ring substituents is 1. The first-order valence-corrected chi connectivity index (χ1v) is 7.90. The number of non-ortho nitro benzene ring substituents is 1. The Kier molecular flexibility index (Phi) is 6.03. The van der Waals surface area contributed by atoms with Gasteiger partial charge in [0.2, 0.25) is 0 Å². The summed E-state index contributed by atoms with van der Waals surface area (Å²) in [5.74, 6) is -0.287. The molecule has 1 N–H and O–H groups in total. The zero-order valence-corrected chi connectivity index (χ0v) is 13.9. The first-order valence-electron chi connectivity index (χ1n) is 7.90. The summed E-state index contributed by atoms with van der Waals surface area (Å²) in [6, 6.07) is 13.3. The molecule has 2 aromatic rings. The van der Waals surface area contributed by atoms with Gasteiger partial charge in [0, 0.05) is 29.9 Å². The number of nitrogens with one attached hydrogen (secondary N) is 1. The SMILES string of the molecule is CCN(CC)Cc1ccc(C(=O)Nc2cccc([N+](=O)[O-])c2)cc1. The highest BCUT2D eigenvalue weighted by Crippen LogP contribution is 2.18. The average molecular weight is 327 g/mol. The molecule has 2 rings (SSSR count). The molecule has 0 fully saturated rings. The van der Waals surface area contributed by atoms with E-state index in [4.69, 9.17) is 0 Å². The van der Waals surface area contributed by atoms with Crippen LogP contribution in [0.4, 0.5) is 11.4 Å². The maximum absolute atomic E-state index is 12.2. The number of rotatable bonds is 7. The van der Waals surface area contributed by atoms with Crippen molar-refractivity contribution in [1.82, 2.24) is 4.90 Å². The molecule has 0 unspecified atom stereocenters. The number of benzene rings is 2. The maximum Gasteiger partial charge on any atom is 0.271 e. The second kappa shape index (κ2) is 8.21. The molecule has 0 saturated carbocycles. The van der Waals surface area contributed by atoms with Crippen molar-refractivity contribution >= 4 is 17.3 Å². The molecule has 24 heavy (non-hydrogen) atoms. The molecule has 0 aliphatic carbocycles. The van der Waals surface area contributed by atoms with Gasteiger partial charge in [0.1, 0.15) is 0 Å². The zero-order valence-electron chi connectivity index (χ0n) is 13.9. The molecule has 0 aliphatic rings. The Bertz CT molecular complexity index is 710. The van der Waals surface area contributed by atoms with Crippen LogP contribution in [0, 0.1) is 10.1 Å². The van der Waals surface area contributed by atoms with Crippen molar-refractivity contribution < 1.29 is 9.72 Å². The van der Waals surface area contributed by atoms with Crippen LogP contribution in [0.2, 0.25) is 0 Å². The Morgan fingerprint density at radius 3 is 2.38 bits per heavy atom. The summed E-state index contributed by atoms with van der Waals surface area (Å²) in [5.41, 5.74) is 2.01. The van der Waals surface area contributed by atoms with E-state index in [1.165, 1.54) is 12.1 Å². The summed E-state index contributed by atoms with van der Waals surface area (Å²) in [5, 5.41) is 13.5. The number of nitro groups is 1. The van der Waals surface area contributed by atoms with Gasteiger partial charge in [-0.2, -0.15) is 0 Å². The minimum absolute atomic E-state index is 0.0534. The van der Waals surface area contributed by atoms with E-state index in [1.807, 2.05) is 12.1 Å².